The molecule has 0 aliphatic rings. The first-order valence-corrected chi connectivity index (χ1v) is 9.52. The number of carboxylic acid groups (broad SMARTS) is 1. The van der Waals surface area contributed by atoms with Crippen molar-refractivity contribution >= 4 is 27.4 Å². The van der Waals surface area contributed by atoms with Crippen molar-refractivity contribution in [1.82, 2.24) is 0 Å². The Morgan fingerprint density at radius 2 is 2.14 bits per heavy atom. The summed E-state index contributed by atoms with van der Waals surface area (Å²) in [7, 11) is -4.19. The minimum Gasteiger partial charge on any atom is -0.478 e. The van der Waals surface area contributed by atoms with E-state index in [0.29, 0.717) is 11.5 Å². The van der Waals surface area contributed by atoms with Crippen LogP contribution >= 0.6 is 0 Å². The number of allylic oxidation sites excluding steroid dienone is 1. The van der Waals surface area contributed by atoms with Crippen LogP contribution in [0.15, 0.2) is 51.7 Å². The van der Waals surface area contributed by atoms with Crippen molar-refractivity contribution in [1.29, 1.82) is 0 Å². The highest BCUT2D eigenvalue weighted by Gasteiger charge is 2.21. The minimum absolute atomic E-state index is 0.0906. The molecule has 2 rings (SSSR count). The van der Waals surface area contributed by atoms with Crippen molar-refractivity contribution < 1.29 is 27.5 Å². The Labute approximate surface area is 162 Å². The van der Waals surface area contributed by atoms with Gasteiger partial charge in [-0.1, -0.05) is 6.42 Å². The molecule has 0 atom stereocenters. The van der Waals surface area contributed by atoms with Crippen LogP contribution < -0.4 is 15.8 Å². The number of hydrogen-bond acceptors (Lipinski definition) is 7. The van der Waals surface area contributed by atoms with E-state index in [9.17, 15) is 18.3 Å². The second-order valence-electron chi connectivity index (χ2n) is 5.51. The molecule has 0 aliphatic heterocycles. The Bertz CT molecular complexity index is 1020. The maximum atomic E-state index is 11.9. The van der Waals surface area contributed by atoms with E-state index in [0.717, 1.165) is 6.07 Å². The van der Waals surface area contributed by atoms with Crippen LogP contribution in [0.4, 0.5) is 11.4 Å². The highest BCUT2D eigenvalue weighted by Crippen LogP contribution is 2.29. The molecule has 28 heavy (non-hydrogen) atoms. The molecule has 0 radical (unpaired) electrons. The topological polar surface area (TPSA) is 144 Å². The summed E-state index contributed by atoms with van der Waals surface area (Å²) >= 11 is 0. The van der Waals surface area contributed by atoms with Gasteiger partial charge in [-0.05, 0) is 37.3 Å². The van der Waals surface area contributed by atoms with Gasteiger partial charge in [-0.3, -0.25) is 0 Å². The van der Waals surface area contributed by atoms with Gasteiger partial charge < -0.3 is 24.9 Å². The van der Waals surface area contributed by atoms with Crippen molar-refractivity contribution in [3.05, 3.63) is 53.7 Å². The third kappa shape index (κ3) is 5.29. The number of terminal acetylenes is 1. The number of sulfonamides is 1. The molecule has 2 aromatic rings. The molecular formula is C18H19N3O6S. The summed E-state index contributed by atoms with van der Waals surface area (Å²) in [4.78, 5) is 11.3. The SMILES string of the molecule is C#CO/C(=C\C)CNc1cc(NCc2ccco2)c(S(N)(=O)=O)cc1C(=O)O. The number of rotatable bonds is 9. The Morgan fingerprint density at radius 3 is 2.68 bits per heavy atom. The molecular weight excluding hydrogens is 386 g/mol. The summed E-state index contributed by atoms with van der Waals surface area (Å²) in [6.45, 7) is 1.96. The van der Waals surface area contributed by atoms with E-state index in [1.165, 1.54) is 12.3 Å². The van der Waals surface area contributed by atoms with Crippen molar-refractivity contribution in [2.24, 2.45) is 5.14 Å². The highest BCUT2D eigenvalue weighted by molar-refractivity contribution is 7.89. The average Bonchev–Trinajstić information content (AvgIpc) is 3.15. The molecule has 148 valence electrons. The molecule has 0 fully saturated rings. The summed E-state index contributed by atoms with van der Waals surface area (Å²) in [5, 5.41) is 20.5. The van der Waals surface area contributed by atoms with Gasteiger partial charge in [0.05, 0.1) is 36.3 Å². The lowest BCUT2D eigenvalue weighted by Gasteiger charge is -2.16. The van der Waals surface area contributed by atoms with E-state index in [1.54, 1.807) is 25.1 Å². The number of carboxylic acids is 1. The van der Waals surface area contributed by atoms with Crippen LogP contribution in [0, 0.1) is 12.5 Å². The van der Waals surface area contributed by atoms with Crippen LogP contribution in [-0.4, -0.2) is 26.0 Å². The van der Waals surface area contributed by atoms with Crippen LogP contribution in [0.2, 0.25) is 0 Å². The van der Waals surface area contributed by atoms with Crippen LogP contribution in [0.5, 0.6) is 0 Å². The highest BCUT2D eigenvalue weighted by atomic mass is 32.2. The van der Waals surface area contributed by atoms with E-state index in [-0.39, 0.29) is 34.9 Å². The zero-order valence-electron chi connectivity index (χ0n) is 14.9. The van der Waals surface area contributed by atoms with Crippen molar-refractivity contribution in [2.75, 3.05) is 17.2 Å². The monoisotopic (exact) mass is 405 g/mol. The number of carbonyl (C=O) groups is 1. The third-order valence-corrected chi connectivity index (χ3v) is 4.61. The quantitative estimate of drug-likeness (QED) is 0.367. The van der Waals surface area contributed by atoms with Crippen molar-refractivity contribution in [2.45, 2.75) is 18.4 Å². The zero-order valence-corrected chi connectivity index (χ0v) is 15.7. The standard InChI is InChI=1S/C18H19N3O6S/c1-3-12(26-4-2)10-20-15-9-16(21-11-13-6-5-7-27-13)17(28(19,24)25)8-14(15)18(22)23/h2-3,5-9,20-21H,10-11H2,1H3,(H,22,23)(H2,19,24,25)/b12-3-. The molecule has 1 aromatic carbocycles. The van der Waals surface area contributed by atoms with Crippen LogP contribution in [0.25, 0.3) is 0 Å². The lowest BCUT2D eigenvalue weighted by atomic mass is 10.1. The molecule has 0 bridgehead atoms. The molecule has 0 amide bonds. The molecule has 0 saturated heterocycles. The number of furan rings is 1. The zero-order chi connectivity index (χ0) is 20.7. The van der Waals surface area contributed by atoms with Crippen LogP contribution in [0.1, 0.15) is 23.0 Å². The minimum atomic E-state index is -4.19. The maximum Gasteiger partial charge on any atom is 0.337 e. The van der Waals surface area contributed by atoms with Gasteiger partial charge in [0.25, 0.3) is 0 Å². The first kappa shape index (κ1) is 20.9. The number of aromatic carboxylic acids is 1. The first-order valence-electron chi connectivity index (χ1n) is 7.98. The Balaban J connectivity index is 2.43. The molecule has 0 spiro atoms. The van der Waals surface area contributed by atoms with E-state index in [1.807, 2.05) is 6.11 Å². The Morgan fingerprint density at radius 1 is 1.39 bits per heavy atom. The first-order chi connectivity index (χ1) is 13.3. The van der Waals surface area contributed by atoms with Crippen LogP contribution in [-0.2, 0) is 21.3 Å². The molecule has 0 aliphatic carbocycles. The molecule has 0 unspecified atom stereocenters. The second-order valence-corrected chi connectivity index (χ2v) is 7.04. The van der Waals surface area contributed by atoms with E-state index < -0.39 is 16.0 Å². The molecule has 1 aromatic heterocycles. The lowest BCUT2D eigenvalue weighted by Crippen LogP contribution is -2.18. The fourth-order valence-corrected chi connectivity index (χ4v) is 3.05. The normalized spacial score (nSPS) is 11.5. The molecule has 9 nitrogen and oxygen atoms in total. The largest absolute Gasteiger partial charge is 0.478 e. The molecule has 1 heterocycles. The fraction of sp³-hybridized carbons (Fsp3) is 0.167. The average molecular weight is 405 g/mol. The summed E-state index contributed by atoms with van der Waals surface area (Å²) in [6, 6.07) is 5.71. The van der Waals surface area contributed by atoms with E-state index in [4.69, 9.17) is 20.7 Å². The summed E-state index contributed by atoms with van der Waals surface area (Å²) < 4.78 is 34.0. The number of primary sulfonamides is 1. The van der Waals surface area contributed by atoms with Gasteiger partial charge in [-0.15, -0.1) is 0 Å². The van der Waals surface area contributed by atoms with Crippen LogP contribution in [0.3, 0.4) is 0 Å². The number of anilines is 2. The number of hydrogen-bond donors (Lipinski definition) is 4. The van der Waals surface area contributed by atoms with Gasteiger partial charge in [0, 0.05) is 0 Å². The smallest absolute Gasteiger partial charge is 0.337 e. The summed E-state index contributed by atoms with van der Waals surface area (Å²) in [6.07, 6.45) is 10.2. The van der Waals surface area contributed by atoms with Gasteiger partial charge in [-0.25, -0.2) is 18.4 Å². The molecule has 10 heteroatoms. The van der Waals surface area contributed by atoms with Crippen molar-refractivity contribution in [3.63, 3.8) is 0 Å². The Kier molecular flexibility index (Phi) is 6.70. The molecule has 5 N–H and O–H groups in total. The number of nitrogens with two attached hydrogens (primary N) is 1. The summed E-state index contributed by atoms with van der Waals surface area (Å²) in [5.41, 5.74) is -0.00292. The Hall–Kier alpha value is -3.42. The van der Waals surface area contributed by atoms with E-state index in [2.05, 4.69) is 10.6 Å². The van der Waals surface area contributed by atoms with Gasteiger partial charge in [0.2, 0.25) is 10.0 Å². The predicted octanol–water partition coefficient (Wildman–Crippen LogP) is 2.16. The molecule has 0 saturated carbocycles. The predicted molar refractivity (Wildman–Crippen MR) is 103 cm³/mol. The van der Waals surface area contributed by atoms with Gasteiger partial charge in [0.1, 0.15) is 22.5 Å². The van der Waals surface area contributed by atoms with Gasteiger partial charge in [-0.2, -0.15) is 0 Å². The van der Waals surface area contributed by atoms with Crippen molar-refractivity contribution in [3.8, 4) is 12.5 Å². The van der Waals surface area contributed by atoms with Gasteiger partial charge >= 0.3 is 5.97 Å². The second kappa shape index (κ2) is 8.98. The number of ether oxygens (including phenoxy) is 1. The lowest BCUT2D eigenvalue weighted by molar-refractivity contribution is 0.0697. The van der Waals surface area contributed by atoms with E-state index >= 15 is 0 Å². The summed E-state index contributed by atoms with van der Waals surface area (Å²) in [5.74, 6) is -0.389. The third-order valence-electron chi connectivity index (χ3n) is 3.65. The fourth-order valence-electron chi connectivity index (χ4n) is 2.33. The number of benzene rings is 1. The van der Waals surface area contributed by atoms with Gasteiger partial charge in [0.15, 0.2) is 0 Å². The number of nitrogens with one attached hydrogen (secondary N) is 2. The maximum absolute atomic E-state index is 11.9.